The van der Waals surface area contributed by atoms with Crippen molar-refractivity contribution in [3.05, 3.63) is 30.1 Å². The van der Waals surface area contributed by atoms with Crippen LogP contribution in [0.2, 0.25) is 0 Å². The van der Waals surface area contributed by atoms with Crippen molar-refractivity contribution in [3.8, 4) is 11.4 Å². The third kappa shape index (κ3) is 4.90. The lowest BCUT2D eigenvalue weighted by atomic mass is 10.2. The van der Waals surface area contributed by atoms with Gasteiger partial charge in [0, 0.05) is 23.2 Å². The average Bonchev–Trinajstić information content (AvgIpc) is 3.38. The highest BCUT2D eigenvalue weighted by Gasteiger charge is 2.27. The molecule has 0 bridgehead atoms. The van der Waals surface area contributed by atoms with Gasteiger partial charge in [-0.1, -0.05) is 12.1 Å². The van der Waals surface area contributed by atoms with Gasteiger partial charge in [-0.2, -0.15) is 5.10 Å². The number of H-pyrrole nitrogens is 1. The molecule has 0 unspecified atom stereocenters. The van der Waals surface area contributed by atoms with E-state index in [1.54, 1.807) is 25.1 Å². The molecule has 1 fully saturated rings. The van der Waals surface area contributed by atoms with Gasteiger partial charge in [0.05, 0.1) is 13.5 Å². The Bertz CT molecular complexity index is 859. The van der Waals surface area contributed by atoms with E-state index in [1.807, 2.05) is 6.07 Å². The van der Waals surface area contributed by atoms with Crippen molar-refractivity contribution < 1.29 is 19.1 Å². The molecule has 9 heteroatoms. The number of nitrogens with zero attached hydrogens (tertiary/aromatic N) is 2. The predicted molar refractivity (Wildman–Crippen MR) is 96.7 cm³/mol. The average molecular weight is 371 g/mol. The van der Waals surface area contributed by atoms with Gasteiger partial charge >= 0.3 is 17.8 Å². The van der Waals surface area contributed by atoms with Crippen LogP contribution >= 0.6 is 0 Å². The summed E-state index contributed by atoms with van der Waals surface area (Å²) in [5, 5.41) is 12.1. The summed E-state index contributed by atoms with van der Waals surface area (Å²) in [6, 6.07) is 6.42. The van der Waals surface area contributed by atoms with Crippen LogP contribution in [0.5, 0.6) is 0 Å². The molecule has 0 aliphatic heterocycles. The monoisotopic (exact) mass is 371 g/mol. The van der Waals surface area contributed by atoms with Crippen LogP contribution < -0.4 is 10.6 Å². The highest BCUT2D eigenvalue weighted by molar-refractivity contribution is 6.39. The van der Waals surface area contributed by atoms with Crippen molar-refractivity contribution in [2.75, 3.05) is 12.4 Å². The second-order valence-corrected chi connectivity index (χ2v) is 6.51. The van der Waals surface area contributed by atoms with E-state index < -0.39 is 23.8 Å². The zero-order valence-corrected chi connectivity index (χ0v) is 15.1. The van der Waals surface area contributed by atoms with E-state index in [2.05, 4.69) is 30.6 Å². The van der Waals surface area contributed by atoms with E-state index in [4.69, 9.17) is 0 Å². The summed E-state index contributed by atoms with van der Waals surface area (Å²) >= 11 is 0. The van der Waals surface area contributed by atoms with E-state index in [0.29, 0.717) is 17.4 Å². The fourth-order valence-corrected chi connectivity index (χ4v) is 2.54. The molecule has 3 rings (SSSR count). The van der Waals surface area contributed by atoms with Gasteiger partial charge in [0.15, 0.2) is 5.82 Å². The van der Waals surface area contributed by atoms with Crippen LogP contribution in [0.4, 0.5) is 5.69 Å². The minimum atomic E-state index is -0.828. The van der Waals surface area contributed by atoms with Gasteiger partial charge in [-0.25, -0.2) is 4.98 Å². The Labute approximate surface area is 155 Å². The zero-order valence-electron chi connectivity index (χ0n) is 15.1. The molecule has 1 saturated carbocycles. The molecule has 142 valence electrons. The summed E-state index contributed by atoms with van der Waals surface area (Å²) in [6.07, 6.45) is 2.22. The number of carbonyl (C=O) groups is 3. The predicted octanol–water partition coefficient (Wildman–Crippen LogP) is 1.36. The lowest BCUT2D eigenvalue weighted by molar-refractivity contribution is -0.142. The molecule has 3 N–H and O–H groups in total. The van der Waals surface area contributed by atoms with Crippen molar-refractivity contribution >= 4 is 23.5 Å². The maximum absolute atomic E-state index is 12.1. The van der Waals surface area contributed by atoms with Crippen molar-refractivity contribution in [1.29, 1.82) is 0 Å². The lowest BCUT2D eigenvalue weighted by Crippen LogP contribution is -2.41. The van der Waals surface area contributed by atoms with Crippen LogP contribution in [0.25, 0.3) is 11.4 Å². The molecule has 9 nitrogen and oxygen atoms in total. The molecule has 1 aromatic carbocycles. The molecule has 1 aromatic heterocycles. The maximum Gasteiger partial charge on any atom is 0.313 e. The lowest BCUT2D eigenvalue weighted by Gasteiger charge is -2.12. The number of hydrogen-bond acceptors (Lipinski definition) is 6. The van der Waals surface area contributed by atoms with E-state index in [9.17, 15) is 14.4 Å². The number of nitrogens with one attached hydrogen (secondary N) is 3. The Hall–Kier alpha value is -3.23. The molecule has 1 aliphatic rings. The molecular formula is C18H21N5O4. The number of methoxy groups -OCH3 is 1. The van der Waals surface area contributed by atoms with Crippen molar-refractivity contribution in [2.45, 2.75) is 38.1 Å². The smallest absolute Gasteiger partial charge is 0.313 e. The second kappa shape index (κ2) is 7.98. The summed E-state index contributed by atoms with van der Waals surface area (Å²) < 4.78 is 4.53. The number of aromatic amines is 1. The second-order valence-electron chi connectivity index (χ2n) is 6.51. The number of anilines is 1. The van der Waals surface area contributed by atoms with Crippen LogP contribution in [0.15, 0.2) is 24.3 Å². The third-order valence-corrected chi connectivity index (χ3v) is 4.13. The molecule has 0 radical (unpaired) electrons. The molecule has 27 heavy (non-hydrogen) atoms. The third-order valence-electron chi connectivity index (χ3n) is 4.13. The van der Waals surface area contributed by atoms with Crippen LogP contribution in [-0.4, -0.2) is 46.1 Å². The first-order chi connectivity index (χ1) is 13.0. The SMILES string of the molecule is COC(=O)C[C@@H](C)NC(=O)C(=O)Nc1cccc(-c2n[nH]c(C3CC3)n2)c1. The first-order valence-corrected chi connectivity index (χ1v) is 8.67. The van der Waals surface area contributed by atoms with Gasteiger partial charge in [0.1, 0.15) is 5.82 Å². The fourth-order valence-electron chi connectivity index (χ4n) is 2.54. The summed E-state index contributed by atoms with van der Waals surface area (Å²) in [5.41, 5.74) is 1.18. The van der Waals surface area contributed by atoms with E-state index in [0.717, 1.165) is 24.2 Å². The number of benzene rings is 1. The largest absolute Gasteiger partial charge is 0.469 e. The highest BCUT2D eigenvalue weighted by atomic mass is 16.5. The molecule has 2 aromatic rings. The maximum atomic E-state index is 12.1. The quantitative estimate of drug-likeness (QED) is 0.520. The van der Waals surface area contributed by atoms with Gasteiger partial charge in [-0.15, -0.1) is 0 Å². The summed E-state index contributed by atoms with van der Waals surface area (Å²) in [6.45, 7) is 1.61. The first-order valence-electron chi connectivity index (χ1n) is 8.67. The Kier molecular flexibility index (Phi) is 5.49. The minimum Gasteiger partial charge on any atom is -0.469 e. The van der Waals surface area contributed by atoms with Crippen LogP contribution in [-0.2, 0) is 19.1 Å². The van der Waals surface area contributed by atoms with Gasteiger partial charge in [0.2, 0.25) is 0 Å². The Balaban J connectivity index is 1.60. The summed E-state index contributed by atoms with van der Waals surface area (Å²) in [4.78, 5) is 39.7. The van der Waals surface area contributed by atoms with Gasteiger partial charge in [-0.3, -0.25) is 19.5 Å². The highest BCUT2D eigenvalue weighted by Crippen LogP contribution is 2.38. The normalized spacial score (nSPS) is 14.3. The minimum absolute atomic E-state index is 0.0147. The topological polar surface area (TPSA) is 126 Å². The summed E-state index contributed by atoms with van der Waals surface area (Å²) in [7, 11) is 1.26. The Morgan fingerprint density at radius 3 is 2.78 bits per heavy atom. The Morgan fingerprint density at radius 2 is 2.07 bits per heavy atom. The van der Waals surface area contributed by atoms with E-state index >= 15 is 0 Å². The summed E-state index contributed by atoms with van der Waals surface area (Å²) in [5.74, 6) is -0.233. The number of amides is 2. The number of esters is 1. The molecule has 2 amide bonds. The standard InChI is InChI=1S/C18H21N5O4/c1-10(8-14(24)27-2)19-17(25)18(26)20-13-5-3-4-12(9-13)16-21-15(22-23-16)11-6-7-11/h3-5,9-11H,6-8H2,1-2H3,(H,19,25)(H,20,26)(H,21,22,23)/t10-/m1/s1. The molecular weight excluding hydrogens is 350 g/mol. The zero-order chi connectivity index (χ0) is 19.4. The number of hydrogen-bond donors (Lipinski definition) is 3. The number of carbonyl (C=O) groups excluding carboxylic acids is 3. The molecule has 1 heterocycles. The van der Waals surface area contributed by atoms with Gasteiger partial charge in [-0.05, 0) is 31.9 Å². The molecule has 0 spiro atoms. The molecule has 0 saturated heterocycles. The molecule has 1 atom stereocenters. The van der Waals surface area contributed by atoms with Crippen LogP contribution in [0.1, 0.15) is 37.9 Å². The van der Waals surface area contributed by atoms with Crippen LogP contribution in [0.3, 0.4) is 0 Å². The van der Waals surface area contributed by atoms with E-state index in [-0.39, 0.29) is 6.42 Å². The van der Waals surface area contributed by atoms with Crippen LogP contribution in [0, 0.1) is 0 Å². The van der Waals surface area contributed by atoms with Gasteiger partial charge < -0.3 is 15.4 Å². The Morgan fingerprint density at radius 1 is 1.30 bits per heavy atom. The van der Waals surface area contributed by atoms with Crippen molar-refractivity contribution in [2.24, 2.45) is 0 Å². The number of rotatable bonds is 6. The van der Waals surface area contributed by atoms with E-state index in [1.165, 1.54) is 7.11 Å². The number of ether oxygens (including phenoxy) is 1. The van der Waals surface area contributed by atoms with Gasteiger partial charge in [0.25, 0.3) is 0 Å². The first kappa shape index (κ1) is 18.6. The molecule has 1 aliphatic carbocycles. The van der Waals surface area contributed by atoms with Crippen molar-refractivity contribution in [3.63, 3.8) is 0 Å². The number of aromatic nitrogens is 3. The van der Waals surface area contributed by atoms with Crippen molar-refractivity contribution in [1.82, 2.24) is 20.5 Å². The fraction of sp³-hybridized carbons (Fsp3) is 0.389.